The van der Waals surface area contributed by atoms with Crippen molar-refractivity contribution in [3.05, 3.63) is 42.0 Å². The summed E-state index contributed by atoms with van der Waals surface area (Å²) in [4.78, 5) is 9.25. The smallest absolute Gasteiger partial charge is 0.193 e. The van der Waals surface area contributed by atoms with Gasteiger partial charge in [-0.3, -0.25) is 4.99 Å². The Morgan fingerprint density at radius 3 is 2.67 bits per heavy atom. The molecule has 0 saturated carbocycles. The minimum absolute atomic E-state index is 0.727. The molecule has 0 aromatic heterocycles. The molecule has 1 aromatic rings. The van der Waals surface area contributed by atoms with Crippen molar-refractivity contribution in [3.63, 3.8) is 0 Å². The van der Waals surface area contributed by atoms with E-state index in [1.807, 2.05) is 7.05 Å². The second-order valence-electron chi connectivity index (χ2n) is 6.29. The van der Waals surface area contributed by atoms with E-state index in [2.05, 4.69) is 75.2 Å². The molecule has 1 atom stereocenters. The topological polar surface area (TPSA) is 30.9 Å². The lowest BCUT2D eigenvalue weighted by molar-refractivity contribution is 0.408. The summed E-state index contributed by atoms with van der Waals surface area (Å²) in [6.07, 6.45) is 5.67. The van der Waals surface area contributed by atoms with Crippen molar-refractivity contribution in [3.8, 4) is 0 Å². The molecule has 1 N–H and O–H groups in total. The summed E-state index contributed by atoms with van der Waals surface area (Å²) in [5.74, 6) is 2.22. The maximum atomic E-state index is 4.48. The van der Waals surface area contributed by atoms with Crippen LogP contribution in [-0.4, -0.2) is 55.1 Å². The SMILES string of the molecule is CCC1CN(C(=NC)NCc2ccc(N3CC=CC3)cc2)CCS1. The summed E-state index contributed by atoms with van der Waals surface area (Å²) < 4.78 is 0. The van der Waals surface area contributed by atoms with Crippen LogP contribution in [0.1, 0.15) is 18.9 Å². The molecule has 1 unspecified atom stereocenters. The average Bonchev–Trinajstić information content (AvgIpc) is 3.18. The molecule has 0 amide bonds. The van der Waals surface area contributed by atoms with Gasteiger partial charge in [-0.05, 0) is 24.1 Å². The normalized spacial score (nSPS) is 21.4. The summed E-state index contributed by atoms with van der Waals surface area (Å²) in [5.41, 5.74) is 2.59. The highest BCUT2D eigenvalue weighted by Gasteiger charge is 2.21. The molecule has 4 nitrogen and oxygen atoms in total. The highest BCUT2D eigenvalue weighted by Crippen LogP contribution is 2.21. The first-order chi connectivity index (χ1) is 11.8. The van der Waals surface area contributed by atoms with Crippen LogP contribution in [0.5, 0.6) is 0 Å². The standard InChI is InChI=1S/C19H28N4S/c1-3-18-15-23(12-13-24-18)19(20-2)21-14-16-6-8-17(9-7-16)22-10-4-5-11-22/h4-9,18H,3,10-15H2,1-2H3,(H,20,21). The molecular formula is C19H28N4S. The predicted molar refractivity (Wildman–Crippen MR) is 106 cm³/mol. The Balaban J connectivity index is 1.53. The average molecular weight is 345 g/mol. The number of thioether (sulfide) groups is 1. The highest BCUT2D eigenvalue weighted by atomic mass is 32.2. The van der Waals surface area contributed by atoms with Gasteiger partial charge in [0.15, 0.2) is 5.96 Å². The molecule has 0 aliphatic carbocycles. The van der Waals surface area contributed by atoms with E-state index >= 15 is 0 Å². The zero-order chi connectivity index (χ0) is 16.8. The van der Waals surface area contributed by atoms with Crippen molar-refractivity contribution in [2.75, 3.05) is 43.9 Å². The summed E-state index contributed by atoms with van der Waals surface area (Å²) in [5, 5.41) is 4.26. The van der Waals surface area contributed by atoms with Gasteiger partial charge in [-0.2, -0.15) is 11.8 Å². The third kappa shape index (κ3) is 4.26. The number of rotatable bonds is 4. The fraction of sp³-hybridized carbons (Fsp3) is 0.526. The van der Waals surface area contributed by atoms with E-state index in [0.717, 1.165) is 43.9 Å². The van der Waals surface area contributed by atoms with Crippen molar-refractivity contribution in [1.82, 2.24) is 10.2 Å². The van der Waals surface area contributed by atoms with Crippen molar-refractivity contribution in [2.45, 2.75) is 25.1 Å². The molecular weight excluding hydrogens is 316 g/mol. The molecule has 0 spiro atoms. The summed E-state index contributed by atoms with van der Waals surface area (Å²) in [7, 11) is 1.88. The molecule has 24 heavy (non-hydrogen) atoms. The Bertz CT molecular complexity index is 574. The molecule has 130 valence electrons. The molecule has 1 fully saturated rings. The minimum atomic E-state index is 0.727. The Kier molecular flexibility index (Phi) is 6.07. The Morgan fingerprint density at radius 2 is 2.00 bits per heavy atom. The number of anilines is 1. The zero-order valence-corrected chi connectivity index (χ0v) is 15.6. The Labute approximate surface area is 150 Å². The molecule has 5 heteroatoms. The lowest BCUT2D eigenvalue weighted by Gasteiger charge is -2.34. The van der Waals surface area contributed by atoms with E-state index in [4.69, 9.17) is 0 Å². The van der Waals surface area contributed by atoms with Crippen LogP contribution in [0.2, 0.25) is 0 Å². The van der Waals surface area contributed by atoms with Crippen molar-refractivity contribution in [1.29, 1.82) is 0 Å². The number of nitrogens with zero attached hydrogens (tertiary/aromatic N) is 3. The van der Waals surface area contributed by atoms with Gasteiger partial charge in [0.2, 0.25) is 0 Å². The van der Waals surface area contributed by atoms with Gasteiger partial charge < -0.3 is 15.1 Å². The molecule has 2 heterocycles. The Morgan fingerprint density at radius 1 is 1.25 bits per heavy atom. The second-order valence-corrected chi connectivity index (χ2v) is 7.70. The van der Waals surface area contributed by atoms with E-state index < -0.39 is 0 Å². The molecule has 2 aliphatic rings. The van der Waals surface area contributed by atoms with Crippen LogP contribution < -0.4 is 10.2 Å². The van der Waals surface area contributed by atoms with E-state index in [1.165, 1.54) is 23.4 Å². The van der Waals surface area contributed by atoms with Crippen molar-refractivity contribution >= 4 is 23.4 Å². The summed E-state index contributed by atoms with van der Waals surface area (Å²) >= 11 is 2.09. The van der Waals surface area contributed by atoms with Crippen LogP contribution in [0, 0.1) is 0 Å². The van der Waals surface area contributed by atoms with Gasteiger partial charge in [0.25, 0.3) is 0 Å². The van der Waals surface area contributed by atoms with Crippen LogP contribution in [0.25, 0.3) is 0 Å². The van der Waals surface area contributed by atoms with Crippen LogP contribution in [0.15, 0.2) is 41.4 Å². The molecule has 1 aromatic carbocycles. The van der Waals surface area contributed by atoms with Crippen molar-refractivity contribution < 1.29 is 0 Å². The first-order valence-electron chi connectivity index (χ1n) is 8.86. The van der Waals surface area contributed by atoms with Crippen LogP contribution in [0.3, 0.4) is 0 Å². The van der Waals surface area contributed by atoms with Gasteiger partial charge in [-0.15, -0.1) is 0 Å². The summed E-state index contributed by atoms with van der Waals surface area (Å²) in [6.45, 7) is 7.33. The largest absolute Gasteiger partial charge is 0.364 e. The maximum Gasteiger partial charge on any atom is 0.193 e. The molecule has 0 radical (unpaired) electrons. The molecule has 2 aliphatic heterocycles. The molecule has 0 bridgehead atoms. The van der Waals surface area contributed by atoms with Gasteiger partial charge in [-0.25, -0.2) is 0 Å². The third-order valence-corrected chi connectivity index (χ3v) is 6.05. The van der Waals surface area contributed by atoms with Crippen LogP contribution >= 0.6 is 11.8 Å². The third-order valence-electron chi connectivity index (χ3n) is 4.68. The number of benzene rings is 1. The van der Waals surface area contributed by atoms with E-state index in [0.29, 0.717) is 0 Å². The zero-order valence-electron chi connectivity index (χ0n) is 14.7. The number of hydrogen-bond acceptors (Lipinski definition) is 3. The van der Waals surface area contributed by atoms with Crippen molar-refractivity contribution in [2.24, 2.45) is 4.99 Å². The lowest BCUT2D eigenvalue weighted by atomic mass is 10.2. The van der Waals surface area contributed by atoms with Gasteiger partial charge in [0.1, 0.15) is 0 Å². The Hall–Kier alpha value is -1.62. The summed E-state index contributed by atoms with van der Waals surface area (Å²) in [6, 6.07) is 8.87. The van der Waals surface area contributed by atoms with E-state index in [-0.39, 0.29) is 0 Å². The highest BCUT2D eigenvalue weighted by molar-refractivity contribution is 8.00. The fourth-order valence-electron chi connectivity index (χ4n) is 3.19. The van der Waals surface area contributed by atoms with Gasteiger partial charge in [0, 0.05) is 56.5 Å². The second kappa shape index (κ2) is 8.47. The van der Waals surface area contributed by atoms with Gasteiger partial charge >= 0.3 is 0 Å². The number of nitrogens with one attached hydrogen (secondary N) is 1. The van der Waals surface area contributed by atoms with E-state index in [1.54, 1.807) is 0 Å². The van der Waals surface area contributed by atoms with Crippen LogP contribution in [0.4, 0.5) is 5.69 Å². The minimum Gasteiger partial charge on any atom is -0.364 e. The first-order valence-corrected chi connectivity index (χ1v) is 9.91. The monoisotopic (exact) mass is 344 g/mol. The van der Waals surface area contributed by atoms with Gasteiger partial charge in [-0.1, -0.05) is 31.2 Å². The number of guanidine groups is 1. The van der Waals surface area contributed by atoms with E-state index in [9.17, 15) is 0 Å². The lowest BCUT2D eigenvalue weighted by Crippen LogP contribution is -2.47. The quantitative estimate of drug-likeness (QED) is 0.517. The molecule has 3 rings (SSSR count). The van der Waals surface area contributed by atoms with Gasteiger partial charge in [0.05, 0.1) is 0 Å². The fourth-order valence-corrected chi connectivity index (χ4v) is 4.37. The first kappa shape index (κ1) is 17.2. The molecule has 1 saturated heterocycles. The predicted octanol–water partition coefficient (Wildman–Crippen LogP) is 2.97. The maximum absolute atomic E-state index is 4.48. The number of hydrogen-bond donors (Lipinski definition) is 1. The number of aliphatic imine (C=N–C) groups is 1. The van der Waals surface area contributed by atoms with Crippen LogP contribution in [-0.2, 0) is 6.54 Å².